The number of hydrogen-bond acceptors (Lipinski definition) is 3. The molecule has 1 aromatic rings. The Morgan fingerprint density at radius 3 is 2.63 bits per heavy atom. The Balaban J connectivity index is 1.76. The Bertz CT molecular complexity index is 363. The molecule has 106 valence electrons. The summed E-state index contributed by atoms with van der Waals surface area (Å²) in [6.07, 6.45) is 3.48. The van der Waals surface area contributed by atoms with Crippen molar-refractivity contribution in [1.29, 1.82) is 0 Å². The number of nitrogens with one attached hydrogen (secondary N) is 1. The molecule has 0 bridgehead atoms. The second kappa shape index (κ2) is 7.73. The maximum atomic E-state index is 5.85. The molecule has 1 N–H and O–H groups in total. The minimum absolute atomic E-state index is 0.388. The van der Waals surface area contributed by atoms with Gasteiger partial charge in [0.1, 0.15) is 12.4 Å². The highest BCUT2D eigenvalue weighted by atomic mass is 35.5. The predicted molar refractivity (Wildman–Crippen MR) is 78.0 cm³/mol. The van der Waals surface area contributed by atoms with Crippen LogP contribution in [0.5, 0.6) is 5.75 Å². The van der Waals surface area contributed by atoms with E-state index in [9.17, 15) is 0 Å². The van der Waals surface area contributed by atoms with Gasteiger partial charge in [-0.25, -0.2) is 0 Å². The molecule has 0 amide bonds. The molecular formula is C15H22ClNO2. The molecular weight excluding hydrogens is 262 g/mol. The van der Waals surface area contributed by atoms with Crippen molar-refractivity contribution in [3.63, 3.8) is 0 Å². The summed E-state index contributed by atoms with van der Waals surface area (Å²) >= 11 is 5.85. The molecule has 1 aromatic carbocycles. The standard InChI is InChI=1S/C15H22ClNO2/c1-17-14(10-12-6-8-18-9-7-12)11-19-15-4-2-13(16)3-5-15/h2-5,12,14,17H,6-11H2,1H3. The molecule has 1 atom stereocenters. The average Bonchev–Trinajstić information content (AvgIpc) is 2.46. The minimum atomic E-state index is 0.388. The van der Waals surface area contributed by atoms with E-state index in [1.54, 1.807) is 0 Å². The van der Waals surface area contributed by atoms with Crippen LogP contribution in [0.4, 0.5) is 0 Å². The Morgan fingerprint density at radius 1 is 1.32 bits per heavy atom. The zero-order valence-corrected chi connectivity index (χ0v) is 12.2. The third-order valence-electron chi connectivity index (χ3n) is 3.63. The Hall–Kier alpha value is -0.770. The van der Waals surface area contributed by atoms with Gasteiger partial charge in [0.2, 0.25) is 0 Å². The van der Waals surface area contributed by atoms with Crippen LogP contribution in [0.25, 0.3) is 0 Å². The summed E-state index contributed by atoms with van der Waals surface area (Å²) in [5.74, 6) is 1.62. The molecule has 1 fully saturated rings. The van der Waals surface area contributed by atoms with Crippen LogP contribution in [0.1, 0.15) is 19.3 Å². The largest absolute Gasteiger partial charge is 0.492 e. The molecule has 1 saturated heterocycles. The van der Waals surface area contributed by atoms with Crippen molar-refractivity contribution in [3.05, 3.63) is 29.3 Å². The van der Waals surface area contributed by atoms with Gasteiger partial charge >= 0.3 is 0 Å². The molecule has 0 saturated carbocycles. The number of halogens is 1. The molecule has 0 spiro atoms. The summed E-state index contributed by atoms with van der Waals surface area (Å²) in [5, 5.41) is 4.07. The van der Waals surface area contributed by atoms with Gasteiger partial charge in [0, 0.05) is 24.3 Å². The molecule has 4 heteroatoms. The quantitative estimate of drug-likeness (QED) is 0.870. The van der Waals surface area contributed by atoms with E-state index in [0.29, 0.717) is 12.6 Å². The molecule has 1 aliphatic rings. The normalized spacial score (nSPS) is 18.2. The highest BCUT2D eigenvalue weighted by molar-refractivity contribution is 6.30. The first-order valence-corrected chi connectivity index (χ1v) is 7.29. The summed E-state index contributed by atoms with van der Waals surface area (Å²) in [7, 11) is 2.00. The van der Waals surface area contributed by atoms with Gasteiger partial charge in [-0.05, 0) is 56.5 Å². The number of rotatable bonds is 6. The fourth-order valence-corrected chi connectivity index (χ4v) is 2.51. The van der Waals surface area contributed by atoms with Gasteiger partial charge in [-0.3, -0.25) is 0 Å². The predicted octanol–water partition coefficient (Wildman–Crippen LogP) is 3.12. The van der Waals surface area contributed by atoms with E-state index in [-0.39, 0.29) is 0 Å². The van der Waals surface area contributed by atoms with E-state index in [4.69, 9.17) is 21.1 Å². The zero-order valence-electron chi connectivity index (χ0n) is 11.4. The number of hydrogen-bond donors (Lipinski definition) is 1. The SMILES string of the molecule is CNC(COc1ccc(Cl)cc1)CC1CCOCC1. The maximum Gasteiger partial charge on any atom is 0.119 e. The summed E-state index contributed by atoms with van der Waals surface area (Å²) < 4.78 is 11.2. The fourth-order valence-electron chi connectivity index (χ4n) is 2.38. The number of ether oxygens (including phenoxy) is 2. The highest BCUT2D eigenvalue weighted by Crippen LogP contribution is 2.21. The molecule has 2 rings (SSSR count). The first-order chi connectivity index (χ1) is 9.28. The summed E-state index contributed by atoms with van der Waals surface area (Å²) in [6.45, 7) is 2.49. The van der Waals surface area contributed by atoms with Gasteiger partial charge in [-0.1, -0.05) is 11.6 Å². The summed E-state index contributed by atoms with van der Waals surface area (Å²) in [5.41, 5.74) is 0. The molecule has 1 heterocycles. The van der Waals surface area contributed by atoms with Gasteiger partial charge in [0.25, 0.3) is 0 Å². The minimum Gasteiger partial charge on any atom is -0.492 e. The highest BCUT2D eigenvalue weighted by Gasteiger charge is 2.18. The van der Waals surface area contributed by atoms with Crippen molar-refractivity contribution in [3.8, 4) is 5.75 Å². The van der Waals surface area contributed by atoms with E-state index in [1.807, 2.05) is 31.3 Å². The first-order valence-electron chi connectivity index (χ1n) is 6.91. The van der Waals surface area contributed by atoms with Crippen LogP contribution in [0.15, 0.2) is 24.3 Å². The van der Waals surface area contributed by atoms with Crippen LogP contribution >= 0.6 is 11.6 Å². The van der Waals surface area contributed by atoms with Gasteiger partial charge < -0.3 is 14.8 Å². The van der Waals surface area contributed by atoms with Crippen molar-refractivity contribution in [2.75, 3.05) is 26.9 Å². The number of likely N-dealkylation sites (N-methyl/N-ethyl adjacent to an activating group) is 1. The van der Waals surface area contributed by atoms with E-state index < -0.39 is 0 Å². The van der Waals surface area contributed by atoms with E-state index in [2.05, 4.69) is 5.32 Å². The zero-order chi connectivity index (χ0) is 13.5. The Labute approximate surface area is 120 Å². The van der Waals surface area contributed by atoms with Crippen LogP contribution in [0.2, 0.25) is 5.02 Å². The molecule has 0 radical (unpaired) electrons. The van der Waals surface area contributed by atoms with Crippen LogP contribution in [0.3, 0.4) is 0 Å². The van der Waals surface area contributed by atoms with Crippen molar-refractivity contribution in [1.82, 2.24) is 5.32 Å². The van der Waals surface area contributed by atoms with Crippen LogP contribution in [-0.2, 0) is 4.74 Å². The molecule has 3 nitrogen and oxygen atoms in total. The smallest absolute Gasteiger partial charge is 0.119 e. The van der Waals surface area contributed by atoms with Crippen molar-refractivity contribution < 1.29 is 9.47 Å². The second-order valence-corrected chi connectivity index (χ2v) is 5.48. The Morgan fingerprint density at radius 2 is 2.00 bits per heavy atom. The van der Waals surface area contributed by atoms with Crippen LogP contribution in [-0.4, -0.2) is 32.9 Å². The van der Waals surface area contributed by atoms with Crippen LogP contribution < -0.4 is 10.1 Å². The average molecular weight is 284 g/mol. The lowest BCUT2D eigenvalue weighted by atomic mass is 9.93. The lowest BCUT2D eigenvalue weighted by Crippen LogP contribution is -2.35. The third-order valence-corrected chi connectivity index (χ3v) is 3.88. The maximum absolute atomic E-state index is 5.85. The fraction of sp³-hybridized carbons (Fsp3) is 0.600. The van der Waals surface area contributed by atoms with E-state index in [1.165, 1.54) is 12.8 Å². The third kappa shape index (κ3) is 5.01. The first kappa shape index (κ1) is 14.6. The number of benzene rings is 1. The van der Waals surface area contributed by atoms with Crippen molar-refractivity contribution in [2.45, 2.75) is 25.3 Å². The molecule has 19 heavy (non-hydrogen) atoms. The van der Waals surface area contributed by atoms with Gasteiger partial charge in [0.05, 0.1) is 0 Å². The van der Waals surface area contributed by atoms with Gasteiger partial charge in [-0.2, -0.15) is 0 Å². The molecule has 0 aliphatic carbocycles. The second-order valence-electron chi connectivity index (χ2n) is 5.04. The topological polar surface area (TPSA) is 30.5 Å². The van der Waals surface area contributed by atoms with Gasteiger partial charge in [0.15, 0.2) is 0 Å². The van der Waals surface area contributed by atoms with Gasteiger partial charge in [-0.15, -0.1) is 0 Å². The van der Waals surface area contributed by atoms with Crippen LogP contribution in [0, 0.1) is 5.92 Å². The molecule has 0 aromatic heterocycles. The summed E-state index contributed by atoms with van der Waals surface area (Å²) in [6, 6.07) is 7.90. The lowest BCUT2D eigenvalue weighted by Gasteiger charge is -2.26. The Kier molecular flexibility index (Phi) is 5.95. The van der Waals surface area contributed by atoms with E-state index >= 15 is 0 Å². The monoisotopic (exact) mass is 283 g/mol. The lowest BCUT2D eigenvalue weighted by molar-refractivity contribution is 0.0585. The van der Waals surface area contributed by atoms with E-state index in [0.717, 1.165) is 36.3 Å². The summed E-state index contributed by atoms with van der Waals surface area (Å²) in [4.78, 5) is 0. The molecule has 1 unspecified atom stereocenters. The van der Waals surface area contributed by atoms with Crippen molar-refractivity contribution in [2.24, 2.45) is 5.92 Å². The van der Waals surface area contributed by atoms with Crippen molar-refractivity contribution >= 4 is 11.6 Å². The molecule has 1 aliphatic heterocycles.